The van der Waals surface area contributed by atoms with Gasteiger partial charge >= 0.3 is 12.1 Å². The molecule has 0 fully saturated rings. The number of hydrogen-bond acceptors (Lipinski definition) is 5. The summed E-state index contributed by atoms with van der Waals surface area (Å²) in [6.07, 6.45) is -4.89. The number of ether oxygens (including phenoxy) is 1. The van der Waals surface area contributed by atoms with Gasteiger partial charge in [0.15, 0.2) is 0 Å². The third kappa shape index (κ3) is 5.36. The lowest BCUT2D eigenvalue weighted by Gasteiger charge is -2.18. The van der Waals surface area contributed by atoms with Gasteiger partial charge in [-0.3, -0.25) is 4.79 Å². The Balaban J connectivity index is 2.24. The highest BCUT2D eigenvalue weighted by Crippen LogP contribution is 2.34. The van der Waals surface area contributed by atoms with Crippen LogP contribution in [0, 0.1) is 6.92 Å². The van der Waals surface area contributed by atoms with Crippen molar-refractivity contribution >= 4 is 27.6 Å². The molecule has 2 aromatic carbocycles. The maximum absolute atomic E-state index is 13.1. The van der Waals surface area contributed by atoms with Crippen molar-refractivity contribution in [2.24, 2.45) is 0 Å². The average Bonchev–Trinajstić information content (AvgIpc) is 2.68. The van der Waals surface area contributed by atoms with Crippen LogP contribution < -0.4 is 10.0 Å². The van der Waals surface area contributed by atoms with Crippen LogP contribution in [0.5, 0.6) is 0 Å². The monoisotopic (exact) mass is 444 g/mol. The lowest BCUT2D eigenvalue weighted by atomic mass is 10.1. The van der Waals surface area contributed by atoms with Crippen LogP contribution >= 0.6 is 0 Å². The maximum atomic E-state index is 13.1. The summed E-state index contributed by atoms with van der Waals surface area (Å²) in [6.45, 7) is 2.83. The molecule has 162 valence electrons. The van der Waals surface area contributed by atoms with Crippen molar-refractivity contribution in [3.05, 3.63) is 59.2 Å². The van der Waals surface area contributed by atoms with Crippen molar-refractivity contribution in [2.45, 2.75) is 31.0 Å². The molecule has 0 unspecified atom stereocenters. The Hall–Kier alpha value is -2.92. The number of hydrogen-bond donors (Lipinski definition) is 2. The van der Waals surface area contributed by atoms with Crippen LogP contribution in [-0.4, -0.2) is 33.4 Å². The van der Waals surface area contributed by atoms with E-state index in [2.05, 4.69) is 10.1 Å². The van der Waals surface area contributed by atoms with E-state index in [0.29, 0.717) is 11.6 Å². The van der Waals surface area contributed by atoms with Crippen LogP contribution in [0.2, 0.25) is 0 Å². The van der Waals surface area contributed by atoms with Crippen LogP contribution in [0.15, 0.2) is 47.4 Å². The van der Waals surface area contributed by atoms with E-state index in [1.807, 2.05) is 4.72 Å². The number of halogens is 3. The summed E-state index contributed by atoms with van der Waals surface area (Å²) < 4.78 is 70.9. The van der Waals surface area contributed by atoms with Crippen molar-refractivity contribution in [3.8, 4) is 0 Å². The molecule has 0 saturated heterocycles. The lowest BCUT2D eigenvalue weighted by Crippen LogP contribution is -2.42. The predicted octanol–water partition coefficient (Wildman–Crippen LogP) is 3.11. The first-order chi connectivity index (χ1) is 13.9. The van der Waals surface area contributed by atoms with Gasteiger partial charge in [-0.05, 0) is 43.7 Å². The van der Waals surface area contributed by atoms with Crippen molar-refractivity contribution in [3.63, 3.8) is 0 Å². The SMILES string of the molecule is COC(=O)c1ccc(C)c(NC(=O)[C@@H](C)NS(=O)(=O)c2ccccc2C(F)(F)F)c1. The Morgan fingerprint density at radius 2 is 1.73 bits per heavy atom. The summed E-state index contributed by atoms with van der Waals surface area (Å²) >= 11 is 0. The van der Waals surface area contributed by atoms with E-state index < -0.39 is 44.6 Å². The summed E-state index contributed by atoms with van der Waals surface area (Å²) in [7, 11) is -3.46. The minimum atomic E-state index is -4.89. The molecule has 1 atom stereocenters. The van der Waals surface area contributed by atoms with Gasteiger partial charge in [0.05, 0.1) is 29.2 Å². The van der Waals surface area contributed by atoms with Gasteiger partial charge in [-0.2, -0.15) is 17.9 Å². The van der Waals surface area contributed by atoms with E-state index in [1.165, 1.54) is 26.2 Å². The minimum Gasteiger partial charge on any atom is -0.465 e. The van der Waals surface area contributed by atoms with Gasteiger partial charge in [0.1, 0.15) is 0 Å². The third-order valence-electron chi connectivity index (χ3n) is 4.12. The fourth-order valence-corrected chi connectivity index (χ4v) is 3.96. The molecule has 0 aliphatic rings. The summed E-state index contributed by atoms with van der Waals surface area (Å²) in [5, 5.41) is 2.45. The van der Waals surface area contributed by atoms with Gasteiger partial charge in [-0.15, -0.1) is 0 Å². The fourth-order valence-electron chi connectivity index (χ4n) is 2.53. The lowest BCUT2D eigenvalue weighted by molar-refractivity contribution is -0.139. The molecule has 11 heteroatoms. The number of benzene rings is 2. The van der Waals surface area contributed by atoms with Gasteiger partial charge in [0.25, 0.3) is 0 Å². The molecule has 0 aromatic heterocycles. The van der Waals surface area contributed by atoms with Gasteiger partial charge in [0.2, 0.25) is 15.9 Å². The highest BCUT2D eigenvalue weighted by Gasteiger charge is 2.37. The van der Waals surface area contributed by atoms with Crippen LogP contribution in [0.4, 0.5) is 18.9 Å². The predicted molar refractivity (Wildman–Crippen MR) is 102 cm³/mol. The van der Waals surface area contributed by atoms with E-state index in [9.17, 15) is 31.2 Å². The van der Waals surface area contributed by atoms with Crippen LogP contribution in [0.1, 0.15) is 28.4 Å². The summed E-state index contributed by atoms with van der Waals surface area (Å²) in [5.41, 5.74) is -0.379. The zero-order valence-corrected chi connectivity index (χ0v) is 17.0. The van der Waals surface area contributed by atoms with Gasteiger partial charge in [-0.1, -0.05) is 18.2 Å². The van der Waals surface area contributed by atoms with Crippen molar-refractivity contribution in [2.75, 3.05) is 12.4 Å². The number of aryl methyl sites for hydroxylation is 1. The summed E-state index contributed by atoms with van der Waals surface area (Å²) in [5.74, 6) is -1.46. The fraction of sp³-hybridized carbons (Fsp3) is 0.263. The quantitative estimate of drug-likeness (QED) is 0.667. The van der Waals surface area contributed by atoms with Gasteiger partial charge < -0.3 is 10.1 Å². The second kappa shape index (κ2) is 8.84. The first kappa shape index (κ1) is 23.4. The van der Waals surface area contributed by atoms with Crippen LogP contribution in [-0.2, 0) is 25.7 Å². The molecule has 0 radical (unpaired) electrons. The molecule has 2 aromatic rings. The summed E-state index contributed by atoms with van der Waals surface area (Å²) in [6, 6.07) is 6.64. The molecule has 2 rings (SSSR count). The number of anilines is 1. The molecule has 0 heterocycles. The maximum Gasteiger partial charge on any atom is 0.417 e. The van der Waals surface area contributed by atoms with E-state index in [1.54, 1.807) is 13.0 Å². The molecule has 0 aliphatic heterocycles. The molecule has 0 aliphatic carbocycles. The van der Waals surface area contributed by atoms with Crippen molar-refractivity contribution in [1.29, 1.82) is 0 Å². The number of esters is 1. The minimum absolute atomic E-state index is 0.158. The molecule has 0 spiro atoms. The van der Waals surface area contributed by atoms with Crippen LogP contribution in [0.25, 0.3) is 0 Å². The number of amides is 1. The number of methoxy groups -OCH3 is 1. The number of carbonyl (C=O) groups excluding carboxylic acids is 2. The highest BCUT2D eigenvalue weighted by atomic mass is 32.2. The van der Waals surface area contributed by atoms with E-state index >= 15 is 0 Å². The van der Waals surface area contributed by atoms with Crippen molar-refractivity contribution in [1.82, 2.24) is 4.72 Å². The number of nitrogens with one attached hydrogen (secondary N) is 2. The standard InChI is InChI=1S/C19H19F3N2O5S/c1-11-8-9-13(18(26)29-3)10-15(11)23-17(25)12(2)24-30(27,28)16-7-5-4-6-14(16)19(20,21)22/h4-10,12,24H,1-3H3,(H,23,25)/t12-/m1/s1. The van der Waals surface area contributed by atoms with Crippen LogP contribution in [0.3, 0.4) is 0 Å². The number of sulfonamides is 1. The van der Waals surface area contributed by atoms with E-state index in [0.717, 1.165) is 18.2 Å². The highest BCUT2D eigenvalue weighted by molar-refractivity contribution is 7.89. The second-order valence-electron chi connectivity index (χ2n) is 6.35. The Bertz CT molecular complexity index is 1070. The molecule has 0 saturated carbocycles. The van der Waals surface area contributed by atoms with E-state index in [4.69, 9.17) is 0 Å². The Labute approximate surface area is 171 Å². The number of alkyl halides is 3. The molecule has 30 heavy (non-hydrogen) atoms. The second-order valence-corrected chi connectivity index (χ2v) is 8.03. The average molecular weight is 444 g/mol. The first-order valence-corrected chi connectivity index (χ1v) is 10.0. The molecular formula is C19H19F3N2O5S. The molecule has 7 nitrogen and oxygen atoms in total. The zero-order chi connectivity index (χ0) is 22.7. The smallest absolute Gasteiger partial charge is 0.417 e. The largest absolute Gasteiger partial charge is 0.465 e. The van der Waals surface area contributed by atoms with Gasteiger partial charge in [0, 0.05) is 5.69 Å². The third-order valence-corrected chi connectivity index (χ3v) is 5.72. The summed E-state index contributed by atoms with van der Waals surface area (Å²) in [4.78, 5) is 23.1. The Kier molecular flexibility index (Phi) is 6.88. The Morgan fingerprint density at radius 3 is 2.33 bits per heavy atom. The molecule has 2 N–H and O–H groups in total. The Morgan fingerprint density at radius 1 is 1.10 bits per heavy atom. The van der Waals surface area contributed by atoms with Crippen molar-refractivity contribution < 1.29 is 35.9 Å². The van der Waals surface area contributed by atoms with Gasteiger partial charge in [-0.25, -0.2) is 13.2 Å². The van der Waals surface area contributed by atoms with E-state index in [-0.39, 0.29) is 11.3 Å². The number of rotatable bonds is 6. The zero-order valence-electron chi connectivity index (χ0n) is 16.2. The molecule has 1 amide bonds. The molecule has 0 bridgehead atoms. The topological polar surface area (TPSA) is 102 Å². The normalized spacial score (nSPS) is 12.9. The first-order valence-electron chi connectivity index (χ1n) is 8.55. The number of carbonyl (C=O) groups is 2. The molecular weight excluding hydrogens is 425 g/mol.